The molecule has 94 valence electrons. The Kier molecular flexibility index (Phi) is 3.05. The number of carbonyl (C=O) groups excluding carboxylic acids is 2. The molecule has 1 aromatic heterocycles. The number of aromatic nitrogens is 2. The molecule has 1 aromatic rings. The Morgan fingerprint density at radius 2 is 1.83 bits per heavy atom. The van der Waals surface area contributed by atoms with Crippen LogP contribution in [0.15, 0.2) is 12.4 Å². The molecule has 0 atom stereocenters. The summed E-state index contributed by atoms with van der Waals surface area (Å²) in [5.74, 6) is -2.45. The topological polar surface area (TPSA) is 100 Å². The molecule has 2 heterocycles. The number of carbonyl (C=O) groups is 3. The van der Waals surface area contributed by atoms with Crippen molar-refractivity contribution in [2.24, 2.45) is 5.92 Å². The number of hydrogen-bond acceptors (Lipinski definition) is 5. The second-order valence-corrected chi connectivity index (χ2v) is 4.17. The van der Waals surface area contributed by atoms with E-state index < -0.39 is 23.5 Å². The van der Waals surface area contributed by atoms with Gasteiger partial charge in [-0.1, -0.05) is 6.92 Å². The molecule has 2 amide bonds. The molecule has 0 radical (unpaired) electrons. The molecular formula is C11H11N3O4. The van der Waals surface area contributed by atoms with Gasteiger partial charge in [-0.15, -0.1) is 0 Å². The number of anilines is 1. The van der Waals surface area contributed by atoms with Crippen molar-refractivity contribution in [1.82, 2.24) is 9.97 Å². The second kappa shape index (κ2) is 4.52. The first-order valence-corrected chi connectivity index (χ1v) is 5.40. The maximum atomic E-state index is 11.8. The van der Waals surface area contributed by atoms with Gasteiger partial charge < -0.3 is 5.11 Å². The molecule has 0 aliphatic carbocycles. The SMILES string of the molecule is CC1CC(=O)N(c2nccnc2C(=O)O)C(=O)C1. The molecule has 0 spiro atoms. The van der Waals surface area contributed by atoms with Crippen LogP contribution in [0.25, 0.3) is 0 Å². The molecule has 2 rings (SSSR count). The van der Waals surface area contributed by atoms with Crippen LogP contribution in [0.5, 0.6) is 0 Å². The first kappa shape index (κ1) is 12.2. The number of amides is 2. The van der Waals surface area contributed by atoms with Gasteiger partial charge in [0.2, 0.25) is 11.8 Å². The Hall–Kier alpha value is -2.31. The summed E-state index contributed by atoms with van der Waals surface area (Å²) < 4.78 is 0. The van der Waals surface area contributed by atoms with E-state index in [2.05, 4.69) is 9.97 Å². The van der Waals surface area contributed by atoms with E-state index in [-0.39, 0.29) is 24.6 Å². The largest absolute Gasteiger partial charge is 0.476 e. The van der Waals surface area contributed by atoms with Crippen LogP contribution in [0.4, 0.5) is 5.82 Å². The molecule has 0 unspecified atom stereocenters. The fourth-order valence-corrected chi connectivity index (χ4v) is 1.87. The summed E-state index contributed by atoms with van der Waals surface area (Å²) in [4.78, 5) is 42.9. The van der Waals surface area contributed by atoms with Crippen molar-refractivity contribution in [3.8, 4) is 0 Å². The van der Waals surface area contributed by atoms with Gasteiger partial charge in [-0.05, 0) is 5.92 Å². The molecule has 1 saturated heterocycles. The summed E-state index contributed by atoms with van der Waals surface area (Å²) in [7, 11) is 0. The van der Waals surface area contributed by atoms with Gasteiger partial charge in [0.05, 0.1) is 0 Å². The smallest absolute Gasteiger partial charge is 0.358 e. The Morgan fingerprint density at radius 1 is 1.28 bits per heavy atom. The minimum atomic E-state index is -1.32. The molecular weight excluding hydrogens is 238 g/mol. The lowest BCUT2D eigenvalue weighted by Crippen LogP contribution is -2.44. The van der Waals surface area contributed by atoms with E-state index in [0.29, 0.717) is 0 Å². The van der Waals surface area contributed by atoms with Crippen LogP contribution in [0.2, 0.25) is 0 Å². The number of hydrogen-bond donors (Lipinski definition) is 1. The zero-order valence-electron chi connectivity index (χ0n) is 9.66. The second-order valence-electron chi connectivity index (χ2n) is 4.17. The number of imide groups is 1. The highest BCUT2D eigenvalue weighted by atomic mass is 16.4. The van der Waals surface area contributed by atoms with Crippen molar-refractivity contribution >= 4 is 23.6 Å². The van der Waals surface area contributed by atoms with Gasteiger partial charge in [0.15, 0.2) is 11.5 Å². The van der Waals surface area contributed by atoms with Crippen molar-refractivity contribution in [2.45, 2.75) is 19.8 Å². The van der Waals surface area contributed by atoms with Gasteiger partial charge in [0, 0.05) is 25.2 Å². The van der Waals surface area contributed by atoms with E-state index in [1.807, 2.05) is 0 Å². The normalized spacial score (nSPS) is 17.1. The fraction of sp³-hybridized carbons (Fsp3) is 0.364. The number of carboxylic acids is 1. The van der Waals surface area contributed by atoms with Crippen molar-refractivity contribution in [3.63, 3.8) is 0 Å². The number of carboxylic acid groups (broad SMARTS) is 1. The van der Waals surface area contributed by atoms with Crippen LogP contribution >= 0.6 is 0 Å². The molecule has 0 bridgehead atoms. The third-order valence-electron chi connectivity index (χ3n) is 2.64. The van der Waals surface area contributed by atoms with Crippen molar-refractivity contribution in [2.75, 3.05) is 4.90 Å². The third kappa shape index (κ3) is 2.06. The molecule has 7 nitrogen and oxygen atoms in total. The molecule has 1 N–H and O–H groups in total. The van der Waals surface area contributed by atoms with Crippen LogP contribution in [0.1, 0.15) is 30.3 Å². The lowest BCUT2D eigenvalue weighted by molar-refractivity contribution is -0.130. The van der Waals surface area contributed by atoms with E-state index in [4.69, 9.17) is 5.11 Å². The standard InChI is InChI=1S/C11H11N3O4/c1-6-4-7(15)14(8(16)5-6)10-9(11(17)18)12-2-3-13-10/h2-3,6H,4-5H2,1H3,(H,17,18). The summed E-state index contributed by atoms with van der Waals surface area (Å²) in [6, 6.07) is 0. The average molecular weight is 249 g/mol. The highest BCUT2D eigenvalue weighted by Gasteiger charge is 2.35. The van der Waals surface area contributed by atoms with Crippen LogP contribution in [-0.2, 0) is 9.59 Å². The molecule has 7 heteroatoms. The Labute approximate surface area is 102 Å². The van der Waals surface area contributed by atoms with Gasteiger partial charge in [-0.3, -0.25) is 9.59 Å². The Morgan fingerprint density at radius 3 is 2.39 bits per heavy atom. The molecule has 1 aliphatic heterocycles. The van der Waals surface area contributed by atoms with Gasteiger partial charge in [-0.2, -0.15) is 0 Å². The van der Waals surface area contributed by atoms with Gasteiger partial charge in [0.25, 0.3) is 0 Å². The Balaban J connectivity index is 2.45. The minimum Gasteiger partial charge on any atom is -0.476 e. The van der Waals surface area contributed by atoms with Crippen LogP contribution in [-0.4, -0.2) is 32.9 Å². The van der Waals surface area contributed by atoms with Crippen LogP contribution in [0.3, 0.4) is 0 Å². The van der Waals surface area contributed by atoms with Gasteiger partial charge in [0.1, 0.15) is 0 Å². The number of nitrogens with zero attached hydrogens (tertiary/aromatic N) is 3. The zero-order valence-corrected chi connectivity index (χ0v) is 9.66. The first-order valence-electron chi connectivity index (χ1n) is 5.40. The molecule has 1 aliphatic rings. The van der Waals surface area contributed by atoms with E-state index >= 15 is 0 Å². The predicted octanol–water partition coefficient (Wildman–Crippen LogP) is 0.464. The molecule has 0 saturated carbocycles. The van der Waals surface area contributed by atoms with Crippen molar-refractivity contribution in [3.05, 3.63) is 18.1 Å². The summed E-state index contributed by atoms with van der Waals surface area (Å²) >= 11 is 0. The molecule has 18 heavy (non-hydrogen) atoms. The quantitative estimate of drug-likeness (QED) is 0.764. The fourth-order valence-electron chi connectivity index (χ4n) is 1.87. The summed E-state index contributed by atoms with van der Waals surface area (Å²) in [6.07, 6.45) is 2.84. The lowest BCUT2D eigenvalue weighted by atomic mass is 9.97. The van der Waals surface area contributed by atoms with E-state index in [9.17, 15) is 14.4 Å². The Bertz CT molecular complexity index is 511. The van der Waals surface area contributed by atoms with Crippen molar-refractivity contribution < 1.29 is 19.5 Å². The first-order chi connectivity index (χ1) is 8.50. The summed E-state index contributed by atoms with van der Waals surface area (Å²) in [6.45, 7) is 1.79. The van der Waals surface area contributed by atoms with E-state index in [1.165, 1.54) is 12.4 Å². The van der Waals surface area contributed by atoms with E-state index in [1.54, 1.807) is 6.92 Å². The molecule has 0 aromatic carbocycles. The lowest BCUT2D eigenvalue weighted by Gasteiger charge is -2.27. The summed E-state index contributed by atoms with van der Waals surface area (Å²) in [5.41, 5.74) is -0.395. The number of aromatic carboxylic acids is 1. The molecule has 1 fully saturated rings. The maximum absolute atomic E-state index is 11.8. The number of rotatable bonds is 2. The van der Waals surface area contributed by atoms with Gasteiger partial charge >= 0.3 is 5.97 Å². The predicted molar refractivity (Wildman–Crippen MR) is 59.9 cm³/mol. The summed E-state index contributed by atoms with van der Waals surface area (Å²) in [5, 5.41) is 8.97. The van der Waals surface area contributed by atoms with Crippen molar-refractivity contribution in [1.29, 1.82) is 0 Å². The van der Waals surface area contributed by atoms with Crippen LogP contribution in [0, 0.1) is 5.92 Å². The number of piperidine rings is 1. The van der Waals surface area contributed by atoms with E-state index in [0.717, 1.165) is 4.90 Å². The van der Waals surface area contributed by atoms with Gasteiger partial charge in [-0.25, -0.2) is 19.7 Å². The average Bonchev–Trinajstić information content (AvgIpc) is 2.28. The highest BCUT2D eigenvalue weighted by Crippen LogP contribution is 2.25. The maximum Gasteiger partial charge on any atom is 0.358 e. The van der Waals surface area contributed by atoms with Crippen LogP contribution < -0.4 is 4.90 Å². The third-order valence-corrected chi connectivity index (χ3v) is 2.64. The highest BCUT2D eigenvalue weighted by molar-refractivity contribution is 6.17. The minimum absolute atomic E-state index is 0.0359. The zero-order chi connectivity index (χ0) is 13.3. The monoisotopic (exact) mass is 249 g/mol.